The molecule has 2 unspecified atom stereocenters. The average molecular weight is 305 g/mol. The van der Waals surface area contributed by atoms with Gasteiger partial charge in [0.1, 0.15) is 17.5 Å². The lowest BCUT2D eigenvalue weighted by Gasteiger charge is -2.48. The van der Waals surface area contributed by atoms with E-state index in [0.717, 1.165) is 42.8 Å². The van der Waals surface area contributed by atoms with Crippen molar-refractivity contribution >= 4 is 0 Å². The fraction of sp³-hybridized carbons (Fsp3) is 0.684. The number of likely N-dealkylation sites (N-methyl/N-ethyl adjacent to an activating group) is 1. The summed E-state index contributed by atoms with van der Waals surface area (Å²) in [6, 6.07) is 4.16. The molecule has 0 saturated heterocycles. The molecular formula is C19H31NO2. The molecule has 1 aliphatic heterocycles. The Morgan fingerprint density at radius 2 is 1.91 bits per heavy atom. The van der Waals surface area contributed by atoms with Crippen molar-refractivity contribution in [3.63, 3.8) is 0 Å². The van der Waals surface area contributed by atoms with Gasteiger partial charge in [0.15, 0.2) is 0 Å². The van der Waals surface area contributed by atoms with E-state index in [1.807, 2.05) is 6.07 Å². The number of hydrogen-bond acceptors (Lipinski definition) is 3. The summed E-state index contributed by atoms with van der Waals surface area (Å²) in [4.78, 5) is 2.37. The Hall–Kier alpha value is -1.06. The molecule has 1 N–H and O–H groups in total. The molecule has 0 amide bonds. The number of aliphatic hydroxyl groups excluding tert-OH is 1. The number of rotatable bonds is 5. The molecule has 0 saturated carbocycles. The van der Waals surface area contributed by atoms with Crippen LogP contribution >= 0.6 is 0 Å². The number of nitrogens with zero attached hydrogens (tertiary/aromatic N) is 1. The zero-order chi connectivity index (χ0) is 16.5. The summed E-state index contributed by atoms with van der Waals surface area (Å²) in [6.07, 6.45) is 1.80. The summed E-state index contributed by atoms with van der Waals surface area (Å²) in [5.74, 6) is 0.845. The molecule has 0 spiro atoms. The summed E-state index contributed by atoms with van der Waals surface area (Å²) < 4.78 is 6.33. The molecule has 2 atom stereocenters. The van der Waals surface area contributed by atoms with Gasteiger partial charge < -0.3 is 9.84 Å². The van der Waals surface area contributed by atoms with Crippen LogP contribution in [-0.2, 0) is 0 Å². The van der Waals surface area contributed by atoms with Crippen molar-refractivity contribution in [3.8, 4) is 5.75 Å². The van der Waals surface area contributed by atoms with Crippen molar-refractivity contribution in [1.82, 2.24) is 4.90 Å². The Bertz CT molecular complexity index is 524. The second-order valence-corrected chi connectivity index (χ2v) is 7.07. The zero-order valence-corrected chi connectivity index (χ0v) is 14.9. The van der Waals surface area contributed by atoms with Gasteiger partial charge in [0.05, 0.1) is 6.04 Å². The summed E-state index contributed by atoms with van der Waals surface area (Å²) in [5, 5.41) is 11.1. The van der Waals surface area contributed by atoms with Crippen LogP contribution in [0.2, 0.25) is 0 Å². The van der Waals surface area contributed by atoms with Gasteiger partial charge in [-0.3, -0.25) is 4.90 Å². The number of hydrogen-bond donors (Lipinski definition) is 1. The van der Waals surface area contributed by atoms with E-state index >= 15 is 0 Å². The fourth-order valence-electron chi connectivity index (χ4n) is 3.78. The van der Waals surface area contributed by atoms with Crippen LogP contribution in [0.1, 0.15) is 63.3 Å². The standard InChI is InChI=1S/C19H31NO2/c1-7-9-10-20(8-2)18-17(21)16-14(4)11-13(3)12-15(16)22-19(18,5)6/h11-12,17-18,21H,7-10H2,1-6H3. The van der Waals surface area contributed by atoms with Crippen molar-refractivity contribution < 1.29 is 9.84 Å². The molecule has 0 radical (unpaired) electrons. The molecule has 124 valence electrons. The molecule has 1 heterocycles. The van der Waals surface area contributed by atoms with Crippen LogP contribution in [0.5, 0.6) is 5.75 Å². The van der Waals surface area contributed by atoms with E-state index in [4.69, 9.17) is 4.74 Å². The molecule has 0 fully saturated rings. The van der Waals surface area contributed by atoms with Crippen molar-refractivity contribution in [3.05, 3.63) is 28.8 Å². The first-order valence-electron chi connectivity index (χ1n) is 8.54. The fourth-order valence-corrected chi connectivity index (χ4v) is 3.78. The summed E-state index contributed by atoms with van der Waals surface area (Å²) in [6.45, 7) is 14.6. The molecule has 3 nitrogen and oxygen atoms in total. The average Bonchev–Trinajstić information content (AvgIpc) is 2.40. The predicted octanol–water partition coefficient (Wildman–Crippen LogP) is 4.00. The lowest BCUT2D eigenvalue weighted by molar-refractivity contribution is -0.0819. The van der Waals surface area contributed by atoms with E-state index in [-0.39, 0.29) is 6.04 Å². The lowest BCUT2D eigenvalue weighted by atomic mass is 9.82. The normalized spacial score (nSPS) is 23.3. The van der Waals surface area contributed by atoms with Gasteiger partial charge in [0, 0.05) is 5.56 Å². The molecular weight excluding hydrogens is 274 g/mol. The first-order chi connectivity index (χ1) is 10.3. The third kappa shape index (κ3) is 3.16. The van der Waals surface area contributed by atoms with Gasteiger partial charge in [-0.05, 0) is 64.4 Å². The Morgan fingerprint density at radius 1 is 1.23 bits per heavy atom. The van der Waals surface area contributed by atoms with Crippen LogP contribution in [0.25, 0.3) is 0 Å². The van der Waals surface area contributed by atoms with Gasteiger partial charge in [-0.2, -0.15) is 0 Å². The van der Waals surface area contributed by atoms with Crippen LogP contribution in [0.4, 0.5) is 0 Å². The Labute approximate surface area is 135 Å². The Morgan fingerprint density at radius 3 is 2.50 bits per heavy atom. The maximum Gasteiger partial charge on any atom is 0.126 e. The number of unbranched alkanes of at least 4 members (excludes halogenated alkanes) is 1. The summed E-state index contributed by atoms with van der Waals surface area (Å²) in [5.41, 5.74) is 2.85. The highest BCUT2D eigenvalue weighted by Gasteiger charge is 2.46. The van der Waals surface area contributed by atoms with Gasteiger partial charge in [-0.25, -0.2) is 0 Å². The second kappa shape index (κ2) is 6.59. The van der Waals surface area contributed by atoms with E-state index < -0.39 is 11.7 Å². The van der Waals surface area contributed by atoms with Crippen LogP contribution in [0.15, 0.2) is 12.1 Å². The monoisotopic (exact) mass is 305 g/mol. The Kier molecular flexibility index (Phi) is 5.18. The minimum absolute atomic E-state index is 0.0158. The first kappa shape index (κ1) is 17.3. The highest BCUT2D eigenvalue weighted by molar-refractivity contribution is 5.47. The van der Waals surface area contributed by atoms with Gasteiger partial charge in [-0.15, -0.1) is 0 Å². The molecule has 1 aliphatic rings. The van der Waals surface area contributed by atoms with E-state index in [2.05, 4.69) is 52.5 Å². The van der Waals surface area contributed by atoms with Crippen molar-refractivity contribution in [2.45, 2.75) is 72.1 Å². The molecule has 0 aliphatic carbocycles. The van der Waals surface area contributed by atoms with E-state index in [1.54, 1.807) is 0 Å². The molecule has 1 aromatic carbocycles. The quantitative estimate of drug-likeness (QED) is 0.892. The van der Waals surface area contributed by atoms with Gasteiger partial charge in [0.2, 0.25) is 0 Å². The molecule has 1 aromatic rings. The van der Waals surface area contributed by atoms with E-state index in [9.17, 15) is 5.11 Å². The van der Waals surface area contributed by atoms with Gasteiger partial charge >= 0.3 is 0 Å². The summed E-state index contributed by atoms with van der Waals surface area (Å²) in [7, 11) is 0. The second-order valence-electron chi connectivity index (χ2n) is 7.07. The predicted molar refractivity (Wildman–Crippen MR) is 91.5 cm³/mol. The van der Waals surface area contributed by atoms with E-state index in [0.29, 0.717) is 0 Å². The minimum atomic E-state index is -0.504. The summed E-state index contributed by atoms with van der Waals surface area (Å²) >= 11 is 0. The molecule has 2 rings (SSSR count). The molecule has 0 aromatic heterocycles. The van der Waals surface area contributed by atoms with Crippen LogP contribution in [0, 0.1) is 13.8 Å². The van der Waals surface area contributed by atoms with Gasteiger partial charge in [-0.1, -0.05) is 26.3 Å². The highest BCUT2D eigenvalue weighted by Crippen LogP contribution is 2.44. The topological polar surface area (TPSA) is 32.7 Å². The highest BCUT2D eigenvalue weighted by atomic mass is 16.5. The number of aryl methyl sites for hydroxylation is 2. The van der Waals surface area contributed by atoms with Crippen molar-refractivity contribution in [2.75, 3.05) is 13.1 Å². The van der Waals surface area contributed by atoms with E-state index in [1.165, 1.54) is 5.56 Å². The molecule has 0 bridgehead atoms. The Balaban J connectivity index is 2.43. The number of benzene rings is 1. The SMILES string of the molecule is CCCCN(CC)C1C(O)c2c(C)cc(C)cc2OC1(C)C. The smallest absolute Gasteiger partial charge is 0.126 e. The zero-order valence-electron chi connectivity index (χ0n) is 14.9. The minimum Gasteiger partial charge on any atom is -0.486 e. The number of aliphatic hydroxyl groups is 1. The third-order valence-electron chi connectivity index (χ3n) is 4.77. The third-order valence-corrected chi connectivity index (χ3v) is 4.77. The van der Waals surface area contributed by atoms with Crippen molar-refractivity contribution in [2.24, 2.45) is 0 Å². The van der Waals surface area contributed by atoms with Crippen LogP contribution in [-0.4, -0.2) is 34.7 Å². The largest absolute Gasteiger partial charge is 0.486 e. The van der Waals surface area contributed by atoms with Crippen molar-refractivity contribution in [1.29, 1.82) is 0 Å². The maximum absolute atomic E-state index is 11.1. The molecule has 3 heteroatoms. The lowest BCUT2D eigenvalue weighted by Crippen LogP contribution is -2.58. The van der Waals surface area contributed by atoms with Gasteiger partial charge in [0.25, 0.3) is 0 Å². The molecule has 22 heavy (non-hydrogen) atoms. The number of ether oxygens (including phenoxy) is 1. The number of fused-ring (bicyclic) bond motifs is 1. The van der Waals surface area contributed by atoms with Crippen LogP contribution < -0.4 is 4.74 Å². The maximum atomic E-state index is 11.1. The first-order valence-corrected chi connectivity index (χ1v) is 8.54. The van der Waals surface area contributed by atoms with Crippen LogP contribution in [0.3, 0.4) is 0 Å².